The summed E-state index contributed by atoms with van der Waals surface area (Å²) in [5, 5.41) is 15.7. The van der Waals surface area contributed by atoms with Crippen molar-refractivity contribution in [1.82, 2.24) is 14.8 Å². The van der Waals surface area contributed by atoms with Crippen LogP contribution in [0.25, 0.3) is 28.0 Å². The molecule has 0 spiro atoms. The standard InChI is InChI=1S/C21H19N3O3/c1-26-17-9-4-6-14(13-17)19-18-10-5-11-22-20(18)24(23-19)16-8-3-7-15(12-16)21(25)27-2/h3-13,21,25H,1-2H3. The predicted molar refractivity (Wildman–Crippen MR) is 103 cm³/mol. The van der Waals surface area contributed by atoms with E-state index >= 15 is 0 Å². The monoisotopic (exact) mass is 361 g/mol. The third-order valence-corrected chi connectivity index (χ3v) is 4.41. The fourth-order valence-corrected chi connectivity index (χ4v) is 3.06. The Labute approximate surface area is 156 Å². The second kappa shape index (κ2) is 7.19. The number of aliphatic hydroxyl groups excluding tert-OH is 1. The van der Waals surface area contributed by atoms with Crippen molar-refractivity contribution in [2.45, 2.75) is 6.29 Å². The van der Waals surface area contributed by atoms with E-state index in [-0.39, 0.29) is 0 Å². The lowest BCUT2D eigenvalue weighted by molar-refractivity contribution is -0.0769. The molecule has 1 unspecified atom stereocenters. The molecule has 4 aromatic rings. The lowest BCUT2D eigenvalue weighted by atomic mass is 10.1. The molecule has 0 amide bonds. The number of methoxy groups -OCH3 is 2. The van der Waals surface area contributed by atoms with Crippen molar-refractivity contribution in [3.8, 4) is 22.7 Å². The number of hydrogen-bond acceptors (Lipinski definition) is 5. The maximum absolute atomic E-state index is 9.97. The van der Waals surface area contributed by atoms with Crippen molar-refractivity contribution in [2.75, 3.05) is 14.2 Å². The molecule has 0 aliphatic heterocycles. The molecule has 0 aliphatic carbocycles. The molecule has 0 saturated carbocycles. The minimum absolute atomic E-state index is 0.650. The highest BCUT2D eigenvalue weighted by molar-refractivity contribution is 5.92. The molecule has 2 aromatic heterocycles. The van der Waals surface area contributed by atoms with Crippen LogP contribution in [-0.2, 0) is 4.74 Å². The molecule has 1 atom stereocenters. The first-order valence-corrected chi connectivity index (χ1v) is 8.50. The van der Waals surface area contributed by atoms with Gasteiger partial charge in [-0.15, -0.1) is 0 Å². The minimum Gasteiger partial charge on any atom is -0.497 e. The van der Waals surface area contributed by atoms with Crippen LogP contribution < -0.4 is 4.74 Å². The maximum atomic E-state index is 9.97. The third-order valence-electron chi connectivity index (χ3n) is 4.41. The molecule has 0 fully saturated rings. The Kier molecular flexibility index (Phi) is 4.58. The van der Waals surface area contributed by atoms with Crippen LogP contribution in [0.15, 0.2) is 66.9 Å². The van der Waals surface area contributed by atoms with Gasteiger partial charge in [-0.05, 0) is 36.4 Å². The molecule has 2 aromatic carbocycles. The third kappa shape index (κ3) is 3.16. The molecule has 6 heteroatoms. The summed E-state index contributed by atoms with van der Waals surface area (Å²) in [5.41, 5.74) is 3.94. The first-order chi connectivity index (χ1) is 13.2. The van der Waals surface area contributed by atoms with Gasteiger partial charge in [-0.2, -0.15) is 5.10 Å². The average molecular weight is 361 g/mol. The average Bonchev–Trinajstić information content (AvgIpc) is 3.13. The molecule has 1 N–H and O–H groups in total. The lowest BCUT2D eigenvalue weighted by Gasteiger charge is -2.10. The van der Waals surface area contributed by atoms with Crippen LogP contribution in [0.3, 0.4) is 0 Å². The van der Waals surface area contributed by atoms with Gasteiger partial charge in [0, 0.05) is 29.8 Å². The normalized spacial score (nSPS) is 12.3. The number of nitrogens with zero attached hydrogens (tertiary/aromatic N) is 3. The van der Waals surface area contributed by atoms with E-state index in [9.17, 15) is 5.11 Å². The Bertz CT molecular complexity index is 1090. The van der Waals surface area contributed by atoms with Crippen LogP contribution in [0.5, 0.6) is 5.75 Å². The van der Waals surface area contributed by atoms with Gasteiger partial charge >= 0.3 is 0 Å². The second-order valence-corrected chi connectivity index (χ2v) is 6.05. The van der Waals surface area contributed by atoms with Crippen molar-refractivity contribution in [3.05, 3.63) is 72.4 Å². The number of pyridine rings is 1. The van der Waals surface area contributed by atoms with Gasteiger partial charge < -0.3 is 14.6 Å². The van der Waals surface area contributed by atoms with Gasteiger partial charge in [0.15, 0.2) is 11.9 Å². The van der Waals surface area contributed by atoms with Gasteiger partial charge in [-0.25, -0.2) is 9.67 Å². The van der Waals surface area contributed by atoms with Crippen molar-refractivity contribution in [3.63, 3.8) is 0 Å². The summed E-state index contributed by atoms with van der Waals surface area (Å²) < 4.78 is 12.1. The summed E-state index contributed by atoms with van der Waals surface area (Å²) in [6, 6.07) is 19.1. The van der Waals surface area contributed by atoms with Crippen molar-refractivity contribution >= 4 is 11.0 Å². The largest absolute Gasteiger partial charge is 0.497 e. The Hall–Kier alpha value is -3.22. The van der Waals surface area contributed by atoms with E-state index in [2.05, 4.69) is 4.98 Å². The zero-order valence-electron chi connectivity index (χ0n) is 15.0. The number of ether oxygens (including phenoxy) is 2. The molecular weight excluding hydrogens is 342 g/mol. The van der Waals surface area contributed by atoms with Crippen molar-refractivity contribution < 1.29 is 14.6 Å². The van der Waals surface area contributed by atoms with E-state index in [0.29, 0.717) is 5.56 Å². The Morgan fingerprint density at radius 3 is 2.67 bits per heavy atom. The molecule has 27 heavy (non-hydrogen) atoms. The first kappa shape index (κ1) is 17.2. The Morgan fingerprint density at radius 2 is 1.85 bits per heavy atom. The topological polar surface area (TPSA) is 69.4 Å². The lowest BCUT2D eigenvalue weighted by Crippen LogP contribution is -2.03. The molecule has 2 heterocycles. The van der Waals surface area contributed by atoms with Crippen molar-refractivity contribution in [2.24, 2.45) is 0 Å². The molecular formula is C21H19N3O3. The number of aliphatic hydroxyl groups is 1. The molecule has 0 bridgehead atoms. The predicted octanol–water partition coefficient (Wildman–Crippen LogP) is 3.73. The van der Waals surface area contributed by atoms with E-state index in [4.69, 9.17) is 14.6 Å². The van der Waals surface area contributed by atoms with Crippen LogP contribution in [0.2, 0.25) is 0 Å². The molecule has 0 radical (unpaired) electrons. The summed E-state index contributed by atoms with van der Waals surface area (Å²) >= 11 is 0. The van der Waals surface area contributed by atoms with Crippen LogP contribution in [0.4, 0.5) is 0 Å². The Morgan fingerprint density at radius 1 is 1.00 bits per heavy atom. The summed E-state index contributed by atoms with van der Waals surface area (Å²) in [6.07, 6.45) is 0.751. The van der Waals surface area contributed by atoms with Gasteiger partial charge in [0.2, 0.25) is 0 Å². The quantitative estimate of drug-likeness (QED) is 0.549. The maximum Gasteiger partial charge on any atom is 0.180 e. The number of fused-ring (bicyclic) bond motifs is 1. The summed E-state index contributed by atoms with van der Waals surface area (Å²) in [6.45, 7) is 0. The van der Waals surface area contributed by atoms with Crippen LogP contribution >= 0.6 is 0 Å². The van der Waals surface area contributed by atoms with Crippen LogP contribution in [0.1, 0.15) is 11.9 Å². The van der Waals surface area contributed by atoms with E-state index < -0.39 is 6.29 Å². The van der Waals surface area contributed by atoms with E-state index in [0.717, 1.165) is 33.7 Å². The summed E-state index contributed by atoms with van der Waals surface area (Å²) in [7, 11) is 3.10. The van der Waals surface area contributed by atoms with Gasteiger partial charge in [0.05, 0.1) is 12.8 Å². The van der Waals surface area contributed by atoms with E-state index in [1.54, 1.807) is 24.1 Å². The van der Waals surface area contributed by atoms with Gasteiger partial charge in [-0.1, -0.05) is 24.3 Å². The smallest absolute Gasteiger partial charge is 0.180 e. The van der Waals surface area contributed by atoms with Gasteiger partial charge in [-0.3, -0.25) is 0 Å². The number of rotatable bonds is 5. The number of hydrogen-bond donors (Lipinski definition) is 1. The Balaban J connectivity index is 1.90. The van der Waals surface area contributed by atoms with Gasteiger partial charge in [0.1, 0.15) is 11.4 Å². The fourth-order valence-electron chi connectivity index (χ4n) is 3.06. The summed E-state index contributed by atoms with van der Waals surface area (Å²) in [5.74, 6) is 0.768. The highest BCUT2D eigenvalue weighted by Crippen LogP contribution is 2.31. The molecule has 136 valence electrons. The fraction of sp³-hybridized carbons (Fsp3) is 0.143. The minimum atomic E-state index is -0.988. The van der Waals surface area contributed by atoms with Crippen LogP contribution in [0, 0.1) is 0 Å². The van der Waals surface area contributed by atoms with E-state index in [1.165, 1.54) is 7.11 Å². The number of benzene rings is 2. The second-order valence-electron chi connectivity index (χ2n) is 6.05. The summed E-state index contributed by atoms with van der Waals surface area (Å²) in [4.78, 5) is 4.52. The SMILES string of the molecule is COc1cccc(-c2nn(-c3cccc(C(O)OC)c3)c3ncccc23)c1. The molecule has 4 rings (SSSR count). The van der Waals surface area contributed by atoms with Gasteiger partial charge in [0.25, 0.3) is 0 Å². The molecule has 0 aliphatic rings. The van der Waals surface area contributed by atoms with E-state index in [1.807, 2.05) is 54.6 Å². The van der Waals surface area contributed by atoms with Crippen molar-refractivity contribution in [1.29, 1.82) is 0 Å². The zero-order chi connectivity index (χ0) is 18.8. The van der Waals surface area contributed by atoms with Crippen LogP contribution in [-0.4, -0.2) is 34.1 Å². The highest BCUT2D eigenvalue weighted by Gasteiger charge is 2.16. The zero-order valence-corrected chi connectivity index (χ0v) is 15.0. The molecule has 6 nitrogen and oxygen atoms in total. The molecule has 0 saturated heterocycles. The highest BCUT2D eigenvalue weighted by atomic mass is 16.6. The first-order valence-electron chi connectivity index (χ1n) is 8.50. The number of aromatic nitrogens is 3.